The first-order valence-electron chi connectivity index (χ1n) is 6.86. The van der Waals surface area contributed by atoms with Crippen molar-refractivity contribution in [1.29, 1.82) is 0 Å². The SMILES string of the molecule is O=C(O)c1cc(C(=O)NCC2CCSCC2)cc([N+](=O)[O-])c1. The number of non-ortho nitro benzene ring substituents is 1. The molecule has 0 atom stereocenters. The van der Waals surface area contributed by atoms with E-state index in [-0.39, 0.29) is 11.1 Å². The number of nitrogens with zero attached hydrogens (tertiary/aromatic N) is 1. The fourth-order valence-corrected chi connectivity index (χ4v) is 3.46. The van der Waals surface area contributed by atoms with Crippen molar-refractivity contribution < 1.29 is 19.6 Å². The van der Waals surface area contributed by atoms with Crippen molar-refractivity contribution >= 4 is 29.3 Å². The average molecular weight is 324 g/mol. The van der Waals surface area contributed by atoms with Crippen LogP contribution >= 0.6 is 11.8 Å². The topological polar surface area (TPSA) is 110 Å². The summed E-state index contributed by atoms with van der Waals surface area (Å²) in [6.45, 7) is 0.504. The standard InChI is InChI=1S/C14H16N2O5S/c17-13(15-8-9-1-3-22-4-2-9)10-5-11(14(18)19)7-12(6-10)16(20)21/h5-7,9H,1-4,8H2,(H,15,17)(H,18,19). The number of carboxylic acids is 1. The number of aromatic carboxylic acids is 1. The number of rotatable bonds is 5. The van der Waals surface area contributed by atoms with Crippen LogP contribution in [0.4, 0.5) is 5.69 Å². The highest BCUT2D eigenvalue weighted by Gasteiger charge is 2.19. The number of carboxylic acid groups (broad SMARTS) is 1. The van der Waals surface area contributed by atoms with Crippen molar-refractivity contribution in [2.45, 2.75) is 12.8 Å². The molecule has 1 amide bonds. The highest BCUT2D eigenvalue weighted by atomic mass is 32.2. The third-order valence-electron chi connectivity index (χ3n) is 3.53. The summed E-state index contributed by atoms with van der Waals surface area (Å²) in [5.41, 5.74) is -0.677. The Morgan fingerprint density at radius 2 is 1.91 bits per heavy atom. The van der Waals surface area contributed by atoms with E-state index in [2.05, 4.69) is 5.32 Å². The number of amides is 1. The van der Waals surface area contributed by atoms with Gasteiger partial charge < -0.3 is 10.4 Å². The minimum absolute atomic E-state index is 0.00298. The molecule has 2 rings (SSSR count). The molecule has 8 heteroatoms. The summed E-state index contributed by atoms with van der Waals surface area (Å²) < 4.78 is 0. The van der Waals surface area contributed by atoms with E-state index in [1.807, 2.05) is 11.8 Å². The predicted molar refractivity (Wildman–Crippen MR) is 82.4 cm³/mol. The van der Waals surface area contributed by atoms with Crippen LogP contribution in [0.15, 0.2) is 18.2 Å². The van der Waals surface area contributed by atoms with Gasteiger partial charge in [0.25, 0.3) is 11.6 Å². The molecule has 0 saturated carbocycles. The van der Waals surface area contributed by atoms with Crippen molar-refractivity contribution in [2.24, 2.45) is 5.92 Å². The van der Waals surface area contributed by atoms with Gasteiger partial charge in [0.05, 0.1) is 10.5 Å². The van der Waals surface area contributed by atoms with Gasteiger partial charge in [0, 0.05) is 24.2 Å². The number of nitro benzene ring substituents is 1. The molecule has 0 unspecified atom stereocenters. The molecule has 7 nitrogen and oxygen atoms in total. The monoisotopic (exact) mass is 324 g/mol. The summed E-state index contributed by atoms with van der Waals surface area (Å²) in [6, 6.07) is 3.19. The Hall–Kier alpha value is -2.09. The molecular formula is C14H16N2O5S. The van der Waals surface area contributed by atoms with E-state index in [0.717, 1.165) is 42.5 Å². The molecule has 0 aliphatic carbocycles. The lowest BCUT2D eigenvalue weighted by Gasteiger charge is -2.21. The average Bonchev–Trinajstić information content (AvgIpc) is 2.53. The molecule has 1 heterocycles. The number of nitro groups is 1. The minimum atomic E-state index is -1.30. The second-order valence-electron chi connectivity index (χ2n) is 5.10. The molecule has 0 spiro atoms. The van der Waals surface area contributed by atoms with Gasteiger partial charge in [0.1, 0.15) is 0 Å². The molecule has 2 N–H and O–H groups in total. The fraction of sp³-hybridized carbons (Fsp3) is 0.429. The van der Waals surface area contributed by atoms with E-state index >= 15 is 0 Å². The Morgan fingerprint density at radius 3 is 2.50 bits per heavy atom. The Morgan fingerprint density at radius 1 is 1.27 bits per heavy atom. The molecule has 0 radical (unpaired) electrons. The lowest BCUT2D eigenvalue weighted by Crippen LogP contribution is -2.31. The van der Waals surface area contributed by atoms with Gasteiger partial charge in [-0.15, -0.1) is 0 Å². The van der Waals surface area contributed by atoms with Crippen LogP contribution in [0.2, 0.25) is 0 Å². The Kier molecular flexibility index (Phi) is 5.37. The number of nitrogens with one attached hydrogen (secondary N) is 1. The van der Waals surface area contributed by atoms with Crippen molar-refractivity contribution in [2.75, 3.05) is 18.1 Å². The Labute approximate surface area is 131 Å². The van der Waals surface area contributed by atoms with E-state index in [1.54, 1.807) is 0 Å². The molecule has 22 heavy (non-hydrogen) atoms. The zero-order chi connectivity index (χ0) is 16.1. The van der Waals surface area contributed by atoms with E-state index in [0.29, 0.717) is 12.5 Å². The van der Waals surface area contributed by atoms with Crippen molar-refractivity contribution in [1.82, 2.24) is 5.32 Å². The Bertz CT molecular complexity index is 567. The van der Waals surface area contributed by atoms with E-state index in [9.17, 15) is 19.7 Å². The molecule has 1 aromatic rings. The molecule has 1 saturated heterocycles. The van der Waals surface area contributed by atoms with E-state index in [1.165, 1.54) is 0 Å². The van der Waals surface area contributed by atoms with Crippen LogP contribution in [0.25, 0.3) is 0 Å². The molecule has 0 bridgehead atoms. The molecule has 0 aromatic heterocycles. The molecule has 1 aromatic carbocycles. The van der Waals surface area contributed by atoms with E-state index in [4.69, 9.17) is 5.11 Å². The molecule has 1 aliphatic rings. The first-order chi connectivity index (χ1) is 10.5. The maximum Gasteiger partial charge on any atom is 0.335 e. The normalized spacial score (nSPS) is 15.3. The van der Waals surface area contributed by atoms with Gasteiger partial charge in [-0.1, -0.05) is 0 Å². The number of thioether (sulfide) groups is 1. The first-order valence-corrected chi connectivity index (χ1v) is 8.01. The second kappa shape index (κ2) is 7.26. The fourth-order valence-electron chi connectivity index (χ4n) is 2.26. The number of hydrogen-bond acceptors (Lipinski definition) is 5. The van der Waals surface area contributed by atoms with Crippen LogP contribution in [0.3, 0.4) is 0 Å². The molecule has 118 valence electrons. The van der Waals surface area contributed by atoms with Crippen LogP contribution in [0, 0.1) is 16.0 Å². The summed E-state index contributed by atoms with van der Waals surface area (Å²) >= 11 is 1.89. The predicted octanol–water partition coefficient (Wildman–Crippen LogP) is 2.17. The third-order valence-corrected chi connectivity index (χ3v) is 4.58. The van der Waals surface area contributed by atoms with Crippen LogP contribution in [0.1, 0.15) is 33.6 Å². The Balaban J connectivity index is 2.10. The van der Waals surface area contributed by atoms with Gasteiger partial charge in [-0.05, 0) is 36.3 Å². The molecule has 1 fully saturated rings. The summed E-state index contributed by atoms with van der Waals surface area (Å²) in [5, 5.41) is 22.5. The lowest BCUT2D eigenvalue weighted by molar-refractivity contribution is -0.384. The van der Waals surface area contributed by atoms with Gasteiger partial charge in [-0.2, -0.15) is 11.8 Å². The number of carbonyl (C=O) groups is 2. The van der Waals surface area contributed by atoms with Gasteiger partial charge >= 0.3 is 5.97 Å². The largest absolute Gasteiger partial charge is 0.478 e. The summed E-state index contributed by atoms with van der Waals surface area (Å²) in [7, 11) is 0. The quantitative estimate of drug-likeness (QED) is 0.634. The van der Waals surface area contributed by atoms with Crippen LogP contribution in [0.5, 0.6) is 0 Å². The zero-order valence-corrected chi connectivity index (χ0v) is 12.6. The van der Waals surface area contributed by atoms with Gasteiger partial charge in [-0.3, -0.25) is 14.9 Å². The summed E-state index contributed by atoms with van der Waals surface area (Å²) in [5.74, 6) is 0.760. The molecule has 1 aliphatic heterocycles. The van der Waals surface area contributed by atoms with Crippen molar-refractivity contribution in [3.8, 4) is 0 Å². The van der Waals surface area contributed by atoms with Gasteiger partial charge in [0.2, 0.25) is 0 Å². The maximum atomic E-state index is 12.1. The lowest BCUT2D eigenvalue weighted by atomic mass is 10.0. The van der Waals surface area contributed by atoms with Crippen molar-refractivity contribution in [3.05, 3.63) is 39.4 Å². The van der Waals surface area contributed by atoms with Crippen LogP contribution in [-0.2, 0) is 0 Å². The summed E-state index contributed by atoms with van der Waals surface area (Å²) in [6.07, 6.45) is 2.06. The highest BCUT2D eigenvalue weighted by molar-refractivity contribution is 7.99. The van der Waals surface area contributed by atoms with Crippen molar-refractivity contribution in [3.63, 3.8) is 0 Å². The zero-order valence-electron chi connectivity index (χ0n) is 11.8. The smallest absolute Gasteiger partial charge is 0.335 e. The van der Waals surface area contributed by atoms with Crippen LogP contribution in [-0.4, -0.2) is 40.0 Å². The second-order valence-corrected chi connectivity index (χ2v) is 6.32. The van der Waals surface area contributed by atoms with E-state index < -0.39 is 22.5 Å². The van der Waals surface area contributed by atoms with Gasteiger partial charge in [-0.25, -0.2) is 4.79 Å². The first kappa shape index (κ1) is 16.3. The van der Waals surface area contributed by atoms with Crippen LogP contribution < -0.4 is 5.32 Å². The highest BCUT2D eigenvalue weighted by Crippen LogP contribution is 2.22. The number of benzene rings is 1. The third kappa shape index (κ3) is 4.20. The number of carbonyl (C=O) groups excluding carboxylic acids is 1. The maximum absolute atomic E-state index is 12.1. The molecular weight excluding hydrogens is 308 g/mol. The number of hydrogen-bond donors (Lipinski definition) is 2. The summed E-state index contributed by atoms with van der Waals surface area (Å²) in [4.78, 5) is 33.2. The minimum Gasteiger partial charge on any atom is -0.478 e. The van der Waals surface area contributed by atoms with Gasteiger partial charge in [0.15, 0.2) is 0 Å².